The number of hydrogen-bond donors (Lipinski definition) is 3. The average Bonchev–Trinajstić information content (AvgIpc) is 2.78. The number of likely N-dealkylation sites (tertiary alicyclic amines) is 1. The van der Waals surface area contributed by atoms with Crippen LogP contribution in [0.15, 0.2) is 0 Å². The van der Waals surface area contributed by atoms with Crippen LogP contribution < -0.4 is 10.6 Å². The minimum absolute atomic E-state index is 0.350. The maximum absolute atomic E-state index is 11.8. The fourth-order valence-corrected chi connectivity index (χ4v) is 2.79. The van der Waals surface area contributed by atoms with Gasteiger partial charge in [0.05, 0.1) is 0 Å². The third-order valence-corrected chi connectivity index (χ3v) is 4.34. The van der Waals surface area contributed by atoms with E-state index in [1.54, 1.807) is 0 Å². The molecule has 1 unspecified atom stereocenters. The number of rotatable bonds is 5. The Morgan fingerprint density at radius 1 is 1.42 bits per heavy atom. The molecule has 0 aromatic carbocycles. The largest absolute Gasteiger partial charge is 0.480 e. The molecule has 2 aliphatic rings. The maximum atomic E-state index is 11.8. The SMILES string of the molecule is CCN1CCC(CNC(=O)NC2(C(=O)O)CCC2)C1. The van der Waals surface area contributed by atoms with Crippen molar-refractivity contribution < 1.29 is 14.7 Å². The lowest BCUT2D eigenvalue weighted by Crippen LogP contribution is -2.61. The van der Waals surface area contributed by atoms with Gasteiger partial charge in [0.15, 0.2) is 0 Å². The molecule has 1 atom stereocenters. The Morgan fingerprint density at radius 2 is 2.16 bits per heavy atom. The van der Waals surface area contributed by atoms with Gasteiger partial charge < -0.3 is 20.6 Å². The molecule has 1 aliphatic carbocycles. The maximum Gasteiger partial charge on any atom is 0.329 e. The summed E-state index contributed by atoms with van der Waals surface area (Å²) in [6.07, 6.45) is 3.02. The van der Waals surface area contributed by atoms with Crippen molar-refractivity contribution in [2.24, 2.45) is 5.92 Å². The highest BCUT2D eigenvalue weighted by molar-refractivity contribution is 5.87. The van der Waals surface area contributed by atoms with Gasteiger partial charge in [0.2, 0.25) is 0 Å². The van der Waals surface area contributed by atoms with E-state index in [0.29, 0.717) is 25.3 Å². The molecule has 0 radical (unpaired) electrons. The van der Waals surface area contributed by atoms with Gasteiger partial charge in [-0.15, -0.1) is 0 Å². The molecule has 6 nitrogen and oxygen atoms in total. The van der Waals surface area contributed by atoms with Crippen molar-refractivity contribution in [3.05, 3.63) is 0 Å². The third-order valence-electron chi connectivity index (χ3n) is 4.34. The monoisotopic (exact) mass is 269 g/mol. The van der Waals surface area contributed by atoms with Crippen LogP contribution in [0.4, 0.5) is 4.79 Å². The molecule has 19 heavy (non-hydrogen) atoms. The van der Waals surface area contributed by atoms with E-state index in [2.05, 4.69) is 22.5 Å². The lowest BCUT2D eigenvalue weighted by atomic mass is 9.77. The summed E-state index contributed by atoms with van der Waals surface area (Å²) in [4.78, 5) is 25.3. The van der Waals surface area contributed by atoms with Crippen molar-refractivity contribution >= 4 is 12.0 Å². The second-order valence-electron chi connectivity index (χ2n) is 5.62. The predicted octanol–water partition coefficient (Wildman–Crippen LogP) is 0.635. The first kappa shape index (κ1) is 14.1. The summed E-state index contributed by atoms with van der Waals surface area (Å²) in [5, 5.41) is 14.6. The molecule has 0 bridgehead atoms. The van der Waals surface area contributed by atoms with E-state index < -0.39 is 11.5 Å². The van der Waals surface area contributed by atoms with Crippen molar-refractivity contribution in [1.29, 1.82) is 0 Å². The van der Waals surface area contributed by atoms with E-state index in [4.69, 9.17) is 5.11 Å². The van der Waals surface area contributed by atoms with E-state index in [1.165, 1.54) is 0 Å². The van der Waals surface area contributed by atoms with Crippen LogP contribution in [-0.2, 0) is 4.79 Å². The molecule has 1 saturated heterocycles. The summed E-state index contributed by atoms with van der Waals surface area (Å²) in [6.45, 7) is 5.91. The summed E-state index contributed by atoms with van der Waals surface area (Å²) in [5.74, 6) is -0.445. The Hall–Kier alpha value is -1.30. The zero-order chi connectivity index (χ0) is 13.9. The van der Waals surface area contributed by atoms with Gasteiger partial charge in [0.25, 0.3) is 0 Å². The van der Waals surface area contributed by atoms with Crippen LogP contribution in [0.5, 0.6) is 0 Å². The Bertz CT molecular complexity index is 355. The smallest absolute Gasteiger partial charge is 0.329 e. The summed E-state index contributed by atoms with van der Waals surface area (Å²) in [5.41, 5.74) is -1.02. The van der Waals surface area contributed by atoms with E-state index in [1.807, 2.05) is 0 Å². The van der Waals surface area contributed by atoms with Crippen molar-refractivity contribution in [3.8, 4) is 0 Å². The normalized spacial score (nSPS) is 25.6. The van der Waals surface area contributed by atoms with Crippen molar-refractivity contribution in [2.75, 3.05) is 26.2 Å². The standard InChI is InChI=1S/C13H23N3O3/c1-2-16-7-4-10(9-16)8-14-12(19)15-13(11(17)18)5-3-6-13/h10H,2-9H2,1H3,(H,17,18)(H2,14,15,19). The number of hydrogen-bond acceptors (Lipinski definition) is 3. The van der Waals surface area contributed by atoms with E-state index in [9.17, 15) is 9.59 Å². The molecule has 0 aromatic heterocycles. The van der Waals surface area contributed by atoms with Crippen molar-refractivity contribution in [2.45, 2.75) is 38.1 Å². The first-order valence-corrected chi connectivity index (χ1v) is 7.07. The molecular weight excluding hydrogens is 246 g/mol. The molecule has 2 amide bonds. The molecule has 0 aromatic rings. The summed E-state index contributed by atoms with van der Waals surface area (Å²) in [7, 11) is 0. The van der Waals surface area contributed by atoms with Crippen LogP contribution in [0, 0.1) is 5.92 Å². The van der Waals surface area contributed by atoms with Crippen molar-refractivity contribution in [3.63, 3.8) is 0 Å². The number of carboxylic acid groups (broad SMARTS) is 1. The fourth-order valence-electron chi connectivity index (χ4n) is 2.79. The zero-order valence-corrected chi connectivity index (χ0v) is 11.4. The van der Waals surface area contributed by atoms with Gasteiger partial charge in [-0.05, 0) is 44.7 Å². The molecule has 2 rings (SSSR count). The number of carbonyl (C=O) groups excluding carboxylic acids is 1. The highest BCUT2D eigenvalue weighted by Crippen LogP contribution is 2.31. The fraction of sp³-hybridized carbons (Fsp3) is 0.846. The molecule has 6 heteroatoms. The first-order valence-electron chi connectivity index (χ1n) is 7.07. The van der Waals surface area contributed by atoms with Gasteiger partial charge in [-0.3, -0.25) is 0 Å². The molecule has 0 spiro atoms. The lowest BCUT2D eigenvalue weighted by Gasteiger charge is -2.38. The summed E-state index contributed by atoms with van der Waals surface area (Å²) in [6, 6.07) is -0.350. The highest BCUT2D eigenvalue weighted by Gasteiger charge is 2.45. The molecule has 108 valence electrons. The molecular formula is C13H23N3O3. The van der Waals surface area contributed by atoms with Crippen LogP contribution in [0.1, 0.15) is 32.6 Å². The van der Waals surface area contributed by atoms with Gasteiger partial charge in [-0.1, -0.05) is 6.92 Å². The number of nitrogens with one attached hydrogen (secondary N) is 2. The Kier molecular flexibility index (Phi) is 4.29. The molecule has 1 heterocycles. The number of carboxylic acids is 1. The van der Waals surface area contributed by atoms with Gasteiger partial charge in [0, 0.05) is 13.1 Å². The lowest BCUT2D eigenvalue weighted by molar-refractivity contribution is -0.148. The summed E-state index contributed by atoms with van der Waals surface area (Å²) < 4.78 is 0. The number of aliphatic carboxylic acids is 1. The Balaban J connectivity index is 1.72. The number of nitrogens with zero attached hydrogens (tertiary/aromatic N) is 1. The second-order valence-corrected chi connectivity index (χ2v) is 5.62. The molecule has 3 N–H and O–H groups in total. The van der Waals surface area contributed by atoms with Crippen LogP contribution in [0.3, 0.4) is 0 Å². The van der Waals surface area contributed by atoms with Gasteiger partial charge in [0.1, 0.15) is 5.54 Å². The molecule has 2 fully saturated rings. The molecule has 1 aliphatic heterocycles. The third kappa shape index (κ3) is 3.18. The second kappa shape index (κ2) is 5.77. The minimum Gasteiger partial charge on any atom is -0.480 e. The first-order chi connectivity index (χ1) is 9.05. The number of urea groups is 1. The van der Waals surface area contributed by atoms with Crippen molar-refractivity contribution in [1.82, 2.24) is 15.5 Å². The van der Waals surface area contributed by atoms with Gasteiger partial charge >= 0.3 is 12.0 Å². The van der Waals surface area contributed by atoms with Gasteiger partial charge in [-0.2, -0.15) is 0 Å². The number of amides is 2. The van der Waals surface area contributed by atoms with E-state index in [0.717, 1.165) is 32.5 Å². The topological polar surface area (TPSA) is 81.7 Å². The van der Waals surface area contributed by atoms with E-state index in [-0.39, 0.29) is 6.03 Å². The Morgan fingerprint density at radius 3 is 2.63 bits per heavy atom. The minimum atomic E-state index is -1.02. The average molecular weight is 269 g/mol. The summed E-state index contributed by atoms with van der Waals surface area (Å²) >= 11 is 0. The Labute approximate surface area is 113 Å². The number of carbonyl (C=O) groups is 2. The quantitative estimate of drug-likeness (QED) is 0.684. The molecule has 1 saturated carbocycles. The highest BCUT2D eigenvalue weighted by atomic mass is 16.4. The predicted molar refractivity (Wildman–Crippen MR) is 71.0 cm³/mol. The van der Waals surface area contributed by atoms with Crippen LogP contribution in [0.25, 0.3) is 0 Å². The van der Waals surface area contributed by atoms with Crippen LogP contribution >= 0.6 is 0 Å². The van der Waals surface area contributed by atoms with Crippen LogP contribution in [-0.4, -0.2) is 53.7 Å². The zero-order valence-electron chi connectivity index (χ0n) is 11.4. The van der Waals surface area contributed by atoms with Crippen LogP contribution in [0.2, 0.25) is 0 Å². The van der Waals surface area contributed by atoms with Gasteiger partial charge in [-0.25, -0.2) is 9.59 Å². The van der Waals surface area contributed by atoms with E-state index >= 15 is 0 Å².